The Kier molecular flexibility index (Phi) is 7.65. The van der Waals surface area contributed by atoms with Crippen LogP contribution in [0.25, 0.3) is 5.57 Å². The van der Waals surface area contributed by atoms with Gasteiger partial charge >= 0.3 is 5.97 Å². The number of fused-ring (bicyclic) bond motifs is 1. The molecule has 2 aromatic rings. The molecule has 172 valence electrons. The molecule has 0 fully saturated rings. The Hall–Kier alpha value is -2.75. The van der Waals surface area contributed by atoms with Crippen LogP contribution in [0.1, 0.15) is 80.1 Å². The number of rotatable bonds is 9. The van der Waals surface area contributed by atoms with Gasteiger partial charge in [0.15, 0.2) is 0 Å². The molecule has 0 amide bonds. The van der Waals surface area contributed by atoms with Gasteiger partial charge in [-0.05, 0) is 93.7 Å². The molecular formula is C28H37NO3. The van der Waals surface area contributed by atoms with Crippen molar-refractivity contribution in [2.24, 2.45) is 5.92 Å². The van der Waals surface area contributed by atoms with Crippen molar-refractivity contribution in [3.05, 3.63) is 69.6 Å². The molecule has 0 radical (unpaired) electrons. The minimum atomic E-state index is -0.790. The summed E-state index contributed by atoms with van der Waals surface area (Å²) in [6.07, 6.45) is 5.77. The average Bonchev–Trinajstić information content (AvgIpc) is 3.07. The first-order valence-electron chi connectivity index (χ1n) is 11.9. The van der Waals surface area contributed by atoms with Crippen molar-refractivity contribution in [2.75, 3.05) is 6.61 Å². The Bertz CT molecular complexity index is 1040. The van der Waals surface area contributed by atoms with Crippen LogP contribution in [0.15, 0.2) is 35.9 Å². The number of aryl methyl sites for hydroxylation is 3. The van der Waals surface area contributed by atoms with Crippen LogP contribution < -0.4 is 4.74 Å². The van der Waals surface area contributed by atoms with Gasteiger partial charge in [-0.25, -0.2) is 0 Å². The number of allylic oxidation sites excluding steroid dienone is 1. The summed E-state index contributed by atoms with van der Waals surface area (Å²) >= 11 is 0. The van der Waals surface area contributed by atoms with Gasteiger partial charge in [-0.2, -0.15) is 0 Å². The summed E-state index contributed by atoms with van der Waals surface area (Å²) in [5.41, 5.74) is 9.60. The van der Waals surface area contributed by atoms with E-state index in [1.165, 1.54) is 17.7 Å². The lowest BCUT2D eigenvalue weighted by Gasteiger charge is -2.24. The van der Waals surface area contributed by atoms with Crippen molar-refractivity contribution in [2.45, 2.75) is 73.1 Å². The summed E-state index contributed by atoms with van der Waals surface area (Å²) in [5.74, 6) is -0.549. The van der Waals surface area contributed by atoms with Crippen molar-refractivity contribution < 1.29 is 14.6 Å². The third kappa shape index (κ3) is 4.69. The summed E-state index contributed by atoms with van der Waals surface area (Å²) in [5, 5.41) is 10.2. The summed E-state index contributed by atoms with van der Waals surface area (Å²) in [4.78, 5) is 16.0. The molecule has 1 aliphatic rings. The fraction of sp³-hybridized carbons (Fsp3) is 0.464. The highest BCUT2D eigenvalue weighted by Crippen LogP contribution is 2.42. The van der Waals surface area contributed by atoms with Gasteiger partial charge in [-0.15, -0.1) is 0 Å². The number of aromatic amines is 1. The van der Waals surface area contributed by atoms with Crippen molar-refractivity contribution in [3.8, 4) is 5.75 Å². The fourth-order valence-electron chi connectivity index (χ4n) is 5.04. The van der Waals surface area contributed by atoms with Gasteiger partial charge in [0.1, 0.15) is 5.75 Å². The van der Waals surface area contributed by atoms with E-state index in [-0.39, 0.29) is 0 Å². The molecule has 1 atom stereocenters. The third-order valence-electron chi connectivity index (χ3n) is 6.46. The summed E-state index contributed by atoms with van der Waals surface area (Å²) in [6, 6.07) is 6.24. The number of carbonyl (C=O) groups is 1. The van der Waals surface area contributed by atoms with E-state index in [9.17, 15) is 9.90 Å². The molecule has 4 heteroatoms. The van der Waals surface area contributed by atoms with E-state index in [1.807, 2.05) is 27.7 Å². The van der Waals surface area contributed by atoms with E-state index >= 15 is 0 Å². The maximum absolute atomic E-state index is 12.4. The zero-order chi connectivity index (χ0) is 23.4. The minimum absolute atomic E-state index is 0.580. The molecule has 3 rings (SSSR count). The monoisotopic (exact) mass is 435 g/mol. The Balaban J connectivity index is 2.40. The number of ether oxygens (including phenoxy) is 1. The number of hydrogen-bond donors (Lipinski definition) is 2. The first-order chi connectivity index (χ1) is 15.3. The summed E-state index contributed by atoms with van der Waals surface area (Å²) in [7, 11) is 0. The lowest BCUT2D eigenvalue weighted by atomic mass is 9.79. The van der Waals surface area contributed by atoms with E-state index in [4.69, 9.17) is 4.74 Å². The summed E-state index contributed by atoms with van der Waals surface area (Å²) < 4.78 is 5.91. The Morgan fingerprint density at radius 3 is 2.56 bits per heavy atom. The van der Waals surface area contributed by atoms with Crippen molar-refractivity contribution in [3.63, 3.8) is 0 Å². The molecule has 4 nitrogen and oxygen atoms in total. The lowest BCUT2D eigenvalue weighted by Crippen LogP contribution is -2.19. The Morgan fingerprint density at radius 1 is 1.22 bits per heavy atom. The fourth-order valence-corrected chi connectivity index (χ4v) is 5.04. The van der Waals surface area contributed by atoms with Crippen LogP contribution in [0.3, 0.4) is 0 Å². The van der Waals surface area contributed by atoms with Crippen LogP contribution in [0.4, 0.5) is 0 Å². The second-order valence-electron chi connectivity index (χ2n) is 8.95. The van der Waals surface area contributed by atoms with E-state index in [1.54, 1.807) is 0 Å². The zero-order valence-corrected chi connectivity index (χ0v) is 20.2. The van der Waals surface area contributed by atoms with Crippen LogP contribution in [0.5, 0.6) is 5.75 Å². The Morgan fingerprint density at radius 2 is 1.94 bits per heavy atom. The normalized spacial score (nSPS) is 15.0. The molecule has 0 spiro atoms. The van der Waals surface area contributed by atoms with Crippen LogP contribution in [-0.2, 0) is 17.6 Å². The number of carboxylic acids is 1. The molecule has 0 saturated heterocycles. The topological polar surface area (TPSA) is 62.3 Å². The zero-order valence-electron chi connectivity index (χ0n) is 20.2. The van der Waals surface area contributed by atoms with Crippen LogP contribution in [0, 0.1) is 19.8 Å². The third-order valence-corrected chi connectivity index (χ3v) is 6.46. The van der Waals surface area contributed by atoms with Gasteiger partial charge in [0.25, 0.3) is 0 Å². The van der Waals surface area contributed by atoms with E-state index in [0.29, 0.717) is 13.0 Å². The van der Waals surface area contributed by atoms with Crippen LogP contribution >= 0.6 is 0 Å². The van der Waals surface area contributed by atoms with Gasteiger partial charge < -0.3 is 14.8 Å². The van der Waals surface area contributed by atoms with E-state index < -0.39 is 11.9 Å². The van der Waals surface area contributed by atoms with Crippen molar-refractivity contribution >= 4 is 11.5 Å². The molecule has 0 aliphatic heterocycles. The molecule has 0 saturated carbocycles. The molecule has 1 aliphatic carbocycles. The second kappa shape index (κ2) is 10.2. The SMILES string of the molecule is C=C(C)/C(=C(/c1ccc(C)c(OCC)c1)c1c(C)[nH]c2c1CCCC2)C(CCC)C(=O)O. The number of benzene rings is 1. The standard InChI is InChI=1S/C28H37NO3/c1-7-11-22(28(30)31)25(17(3)4)27(20-15-14-18(5)24(16-20)32-8-2)26-19(6)29-23-13-10-9-12-21(23)26/h14-16,22,29H,3,7-13H2,1-2,4-6H3,(H,30,31)/b27-25+. The van der Waals surface area contributed by atoms with E-state index in [0.717, 1.165) is 70.5 Å². The van der Waals surface area contributed by atoms with Crippen molar-refractivity contribution in [1.29, 1.82) is 0 Å². The molecule has 2 N–H and O–H groups in total. The summed E-state index contributed by atoms with van der Waals surface area (Å²) in [6.45, 7) is 14.9. The number of H-pyrrole nitrogens is 1. The molecule has 1 aromatic heterocycles. The van der Waals surface area contributed by atoms with Gasteiger partial charge in [-0.1, -0.05) is 37.6 Å². The van der Waals surface area contributed by atoms with Crippen molar-refractivity contribution in [1.82, 2.24) is 4.98 Å². The highest BCUT2D eigenvalue weighted by molar-refractivity contribution is 5.92. The van der Waals surface area contributed by atoms with Crippen LogP contribution in [0.2, 0.25) is 0 Å². The van der Waals surface area contributed by atoms with E-state index in [2.05, 4.69) is 36.7 Å². The van der Waals surface area contributed by atoms with Gasteiger partial charge in [0, 0.05) is 17.0 Å². The maximum Gasteiger partial charge on any atom is 0.311 e. The minimum Gasteiger partial charge on any atom is -0.494 e. The highest BCUT2D eigenvalue weighted by Gasteiger charge is 2.30. The van der Waals surface area contributed by atoms with Crippen LogP contribution in [-0.4, -0.2) is 22.7 Å². The largest absolute Gasteiger partial charge is 0.494 e. The number of carboxylic acid groups (broad SMARTS) is 1. The number of nitrogens with one attached hydrogen (secondary N) is 1. The first kappa shape index (κ1) is 23.9. The molecule has 32 heavy (non-hydrogen) atoms. The first-order valence-corrected chi connectivity index (χ1v) is 11.9. The average molecular weight is 436 g/mol. The predicted molar refractivity (Wildman–Crippen MR) is 131 cm³/mol. The second-order valence-corrected chi connectivity index (χ2v) is 8.95. The number of aliphatic carboxylic acids is 1. The smallest absolute Gasteiger partial charge is 0.311 e. The van der Waals surface area contributed by atoms with Gasteiger partial charge in [0.05, 0.1) is 12.5 Å². The molecule has 1 aromatic carbocycles. The van der Waals surface area contributed by atoms with Gasteiger partial charge in [0.2, 0.25) is 0 Å². The molecule has 1 heterocycles. The Labute approximate surface area is 192 Å². The lowest BCUT2D eigenvalue weighted by molar-refractivity contribution is -0.140. The number of aromatic nitrogens is 1. The molecular weight excluding hydrogens is 398 g/mol. The highest BCUT2D eigenvalue weighted by atomic mass is 16.5. The quantitative estimate of drug-likeness (QED) is 0.426. The van der Waals surface area contributed by atoms with Gasteiger partial charge in [-0.3, -0.25) is 4.79 Å². The number of hydrogen-bond acceptors (Lipinski definition) is 2. The maximum atomic E-state index is 12.4. The molecule has 0 bridgehead atoms. The molecule has 1 unspecified atom stereocenters. The predicted octanol–water partition coefficient (Wildman–Crippen LogP) is 6.79.